The van der Waals surface area contributed by atoms with Crippen molar-refractivity contribution < 1.29 is 18.3 Å². The first-order valence-corrected chi connectivity index (χ1v) is 9.81. The molecule has 0 unspecified atom stereocenters. The van der Waals surface area contributed by atoms with Gasteiger partial charge in [0, 0.05) is 5.56 Å². The van der Waals surface area contributed by atoms with Crippen LogP contribution in [0, 0.1) is 0 Å². The molecule has 0 fully saturated rings. The molecule has 0 heterocycles. The van der Waals surface area contributed by atoms with Crippen LogP contribution in [0.15, 0.2) is 53.4 Å². The Morgan fingerprint density at radius 2 is 1.72 bits per heavy atom. The number of carbonyl (C=O) groups is 1. The average Bonchev–Trinajstić information content (AvgIpc) is 2.62. The molecule has 0 radical (unpaired) electrons. The fourth-order valence-electron chi connectivity index (χ4n) is 2.52. The summed E-state index contributed by atoms with van der Waals surface area (Å²) in [6, 6.07) is 13.0. The first kappa shape index (κ1) is 19.1. The summed E-state index contributed by atoms with van der Waals surface area (Å²) in [6.45, 7) is 1.46. The van der Waals surface area contributed by atoms with Crippen molar-refractivity contribution in [2.24, 2.45) is 0 Å². The zero-order valence-corrected chi connectivity index (χ0v) is 15.1. The molecule has 2 rings (SSSR count). The number of Topliss-reactive ketones (excluding diaryl/α,β-unsaturated/α-hetero) is 1. The van der Waals surface area contributed by atoms with E-state index in [4.69, 9.17) is 5.11 Å². The van der Waals surface area contributed by atoms with Crippen molar-refractivity contribution in [3.8, 4) is 0 Å². The van der Waals surface area contributed by atoms with Gasteiger partial charge in [-0.15, -0.1) is 0 Å². The first-order chi connectivity index (χ1) is 12.0. The van der Waals surface area contributed by atoms with Crippen LogP contribution in [0.25, 0.3) is 0 Å². The van der Waals surface area contributed by atoms with Crippen molar-refractivity contribution in [2.75, 3.05) is 11.3 Å². The number of aliphatic hydroxyl groups excluding tert-OH is 1. The van der Waals surface area contributed by atoms with Crippen molar-refractivity contribution in [3.63, 3.8) is 0 Å². The Balaban J connectivity index is 2.18. The summed E-state index contributed by atoms with van der Waals surface area (Å²) in [5.41, 5.74) is 1.40. The zero-order chi connectivity index (χ0) is 18.3. The molecule has 0 aromatic heterocycles. The van der Waals surface area contributed by atoms with Crippen LogP contribution in [0.1, 0.15) is 42.1 Å². The predicted octanol–water partition coefficient (Wildman–Crippen LogP) is 3.40. The third kappa shape index (κ3) is 5.14. The lowest BCUT2D eigenvalue weighted by molar-refractivity contribution is 0.0904. The Kier molecular flexibility index (Phi) is 6.73. The SMILES string of the molecule is CCCCCc1ccc(S(=O)(=O)Nc2ccccc2C(=O)CO)cc1. The van der Waals surface area contributed by atoms with Gasteiger partial charge >= 0.3 is 0 Å². The van der Waals surface area contributed by atoms with E-state index in [1.54, 1.807) is 24.3 Å². The summed E-state index contributed by atoms with van der Waals surface area (Å²) in [5, 5.41) is 9.02. The average molecular weight is 361 g/mol. The number of carbonyl (C=O) groups excluding carboxylic acids is 1. The number of anilines is 1. The van der Waals surface area contributed by atoms with E-state index in [2.05, 4.69) is 11.6 Å². The van der Waals surface area contributed by atoms with Gasteiger partial charge in [0.2, 0.25) is 0 Å². The second kappa shape index (κ2) is 8.78. The molecule has 0 atom stereocenters. The molecular weight excluding hydrogens is 338 g/mol. The van der Waals surface area contributed by atoms with Gasteiger partial charge in [-0.1, -0.05) is 44.0 Å². The standard InChI is InChI=1S/C19H23NO4S/c1-2-3-4-7-15-10-12-16(13-11-15)25(23,24)20-18-9-6-5-8-17(18)19(22)14-21/h5-6,8-13,20-21H,2-4,7,14H2,1H3. The van der Waals surface area contributed by atoms with Crippen LogP contribution in [0.5, 0.6) is 0 Å². The number of aliphatic hydroxyl groups is 1. The Labute approximate surface area is 148 Å². The third-order valence-electron chi connectivity index (χ3n) is 3.92. The Bertz CT molecular complexity index is 814. The molecule has 0 spiro atoms. The van der Waals surface area contributed by atoms with Crippen molar-refractivity contribution in [3.05, 3.63) is 59.7 Å². The topological polar surface area (TPSA) is 83.5 Å². The molecule has 0 aliphatic heterocycles. The summed E-state index contributed by atoms with van der Waals surface area (Å²) in [5.74, 6) is -0.537. The van der Waals surface area contributed by atoms with Crippen LogP contribution in [0.3, 0.4) is 0 Å². The number of hydrogen-bond acceptors (Lipinski definition) is 4. The monoisotopic (exact) mass is 361 g/mol. The van der Waals surface area contributed by atoms with Gasteiger partial charge in [-0.2, -0.15) is 0 Å². The van der Waals surface area contributed by atoms with Gasteiger partial charge in [0.15, 0.2) is 5.78 Å². The van der Waals surface area contributed by atoms with Crippen LogP contribution < -0.4 is 4.72 Å². The Morgan fingerprint density at radius 3 is 2.36 bits per heavy atom. The number of hydrogen-bond donors (Lipinski definition) is 2. The highest BCUT2D eigenvalue weighted by molar-refractivity contribution is 7.92. The second-order valence-electron chi connectivity index (χ2n) is 5.83. The summed E-state index contributed by atoms with van der Waals surface area (Å²) in [6.07, 6.45) is 4.30. The van der Waals surface area contributed by atoms with Crippen LogP contribution in [0.2, 0.25) is 0 Å². The minimum absolute atomic E-state index is 0.137. The number of ketones is 1. The number of unbranched alkanes of at least 4 members (excludes halogenated alkanes) is 2. The summed E-state index contributed by atoms with van der Waals surface area (Å²) in [7, 11) is -3.80. The molecule has 0 aliphatic rings. The maximum absolute atomic E-state index is 12.6. The van der Waals surface area contributed by atoms with Crippen molar-refractivity contribution in [1.82, 2.24) is 0 Å². The lowest BCUT2D eigenvalue weighted by Gasteiger charge is -2.12. The van der Waals surface area contributed by atoms with E-state index < -0.39 is 22.4 Å². The molecule has 134 valence electrons. The third-order valence-corrected chi connectivity index (χ3v) is 5.30. The molecule has 6 heteroatoms. The largest absolute Gasteiger partial charge is 0.388 e. The molecule has 2 N–H and O–H groups in total. The normalized spacial score (nSPS) is 11.3. The molecule has 2 aromatic carbocycles. The molecular formula is C19H23NO4S. The highest BCUT2D eigenvalue weighted by atomic mass is 32.2. The van der Waals surface area contributed by atoms with E-state index in [1.165, 1.54) is 12.1 Å². The van der Waals surface area contributed by atoms with E-state index >= 15 is 0 Å². The van der Waals surface area contributed by atoms with E-state index in [9.17, 15) is 13.2 Å². The Morgan fingerprint density at radius 1 is 1.04 bits per heavy atom. The molecule has 2 aromatic rings. The lowest BCUT2D eigenvalue weighted by Crippen LogP contribution is -2.16. The number of para-hydroxylation sites is 1. The highest BCUT2D eigenvalue weighted by Gasteiger charge is 2.18. The van der Waals surface area contributed by atoms with E-state index in [0.717, 1.165) is 31.2 Å². The minimum Gasteiger partial charge on any atom is -0.388 e. The quantitative estimate of drug-likeness (QED) is 0.530. The maximum atomic E-state index is 12.6. The van der Waals surface area contributed by atoms with Crippen LogP contribution in [0.4, 0.5) is 5.69 Å². The van der Waals surface area contributed by atoms with E-state index in [1.807, 2.05) is 12.1 Å². The maximum Gasteiger partial charge on any atom is 0.261 e. The van der Waals surface area contributed by atoms with Gasteiger partial charge in [-0.05, 0) is 42.7 Å². The van der Waals surface area contributed by atoms with Gasteiger partial charge in [0.05, 0.1) is 10.6 Å². The number of rotatable bonds is 9. The van der Waals surface area contributed by atoms with E-state index in [0.29, 0.717) is 0 Å². The van der Waals surface area contributed by atoms with Gasteiger partial charge in [0.25, 0.3) is 10.0 Å². The van der Waals surface area contributed by atoms with E-state index in [-0.39, 0.29) is 16.1 Å². The number of aryl methyl sites for hydroxylation is 1. The van der Waals surface area contributed by atoms with Crippen LogP contribution in [-0.4, -0.2) is 25.9 Å². The first-order valence-electron chi connectivity index (χ1n) is 8.32. The fraction of sp³-hybridized carbons (Fsp3) is 0.316. The molecule has 0 saturated heterocycles. The molecule has 0 saturated carbocycles. The molecule has 0 amide bonds. The molecule has 0 bridgehead atoms. The lowest BCUT2D eigenvalue weighted by atomic mass is 10.1. The Hall–Kier alpha value is -2.18. The number of nitrogens with one attached hydrogen (secondary N) is 1. The van der Waals surface area contributed by atoms with Gasteiger partial charge in [-0.25, -0.2) is 8.42 Å². The van der Waals surface area contributed by atoms with Gasteiger partial charge in [0.1, 0.15) is 6.61 Å². The molecule has 25 heavy (non-hydrogen) atoms. The van der Waals surface area contributed by atoms with Gasteiger partial charge < -0.3 is 5.11 Å². The van der Waals surface area contributed by atoms with Crippen molar-refractivity contribution >= 4 is 21.5 Å². The number of benzene rings is 2. The van der Waals surface area contributed by atoms with Gasteiger partial charge in [-0.3, -0.25) is 9.52 Å². The van der Waals surface area contributed by atoms with Crippen molar-refractivity contribution in [1.29, 1.82) is 0 Å². The summed E-state index contributed by atoms with van der Waals surface area (Å²) in [4.78, 5) is 11.9. The fourth-order valence-corrected chi connectivity index (χ4v) is 3.60. The van der Waals surface area contributed by atoms with Crippen LogP contribution >= 0.6 is 0 Å². The summed E-state index contributed by atoms with van der Waals surface area (Å²) < 4.78 is 27.5. The predicted molar refractivity (Wildman–Crippen MR) is 98.3 cm³/mol. The molecule has 5 nitrogen and oxygen atoms in total. The second-order valence-corrected chi connectivity index (χ2v) is 7.52. The molecule has 0 aliphatic carbocycles. The van der Waals surface area contributed by atoms with Crippen molar-refractivity contribution in [2.45, 2.75) is 37.5 Å². The number of sulfonamides is 1. The highest BCUT2D eigenvalue weighted by Crippen LogP contribution is 2.21. The zero-order valence-electron chi connectivity index (χ0n) is 14.2. The smallest absolute Gasteiger partial charge is 0.261 e. The minimum atomic E-state index is -3.80. The van der Waals surface area contributed by atoms with Crippen LogP contribution in [-0.2, 0) is 16.4 Å². The summed E-state index contributed by atoms with van der Waals surface area (Å²) >= 11 is 0.